The molecule has 1 fully saturated rings. The molecule has 9 nitrogen and oxygen atoms in total. The number of halogens is 2. The van der Waals surface area contributed by atoms with E-state index in [1.807, 2.05) is 0 Å². The van der Waals surface area contributed by atoms with E-state index in [1.54, 1.807) is 31.4 Å². The minimum atomic E-state index is -3.18. The van der Waals surface area contributed by atoms with E-state index in [1.165, 1.54) is 12.4 Å². The summed E-state index contributed by atoms with van der Waals surface area (Å²) in [5.41, 5.74) is 0.827. The van der Waals surface area contributed by atoms with E-state index in [-0.39, 0.29) is 16.8 Å². The van der Waals surface area contributed by atoms with Gasteiger partial charge in [-0.15, -0.1) is 0 Å². The Bertz CT molecular complexity index is 1320. The predicted molar refractivity (Wildman–Crippen MR) is 138 cm³/mol. The van der Waals surface area contributed by atoms with Crippen LogP contribution in [0.3, 0.4) is 0 Å². The molecule has 1 heterocycles. The summed E-state index contributed by atoms with van der Waals surface area (Å²) in [4.78, 5) is 8.62. The second kappa shape index (κ2) is 11.5. The van der Waals surface area contributed by atoms with Crippen LogP contribution >= 0.6 is 11.6 Å². The van der Waals surface area contributed by atoms with E-state index in [4.69, 9.17) is 21.1 Å². The average Bonchev–Trinajstić information content (AvgIpc) is 2.85. The zero-order valence-electron chi connectivity index (χ0n) is 20.1. The molecular formula is C24H29ClFN5O4S. The number of ether oxygens (including phenoxy) is 2. The van der Waals surface area contributed by atoms with E-state index in [0.29, 0.717) is 47.4 Å². The predicted octanol–water partition coefficient (Wildman–Crippen LogP) is 4.00. The minimum absolute atomic E-state index is 0.00467. The minimum Gasteiger partial charge on any atom is -0.493 e. The summed E-state index contributed by atoms with van der Waals surface area (Å²) in [5.74, 6) is 0.967. The fraction of sp³-hybridized carbons (Fsp3) is 0.417. The number of fused-ring (bicyclic) bond motifs is 1. The highest BCUT2D eigenvalue weighted by Gasteiger charge is 2.24. The number of nitrogens with zero attached hydrogens (tertiary/aromatic N) is 2. The fourth-order valence-corrected chi connectivity index (χ4v) is 4.87. The topological polar surface area (TPSA) is 114 Å². The molecule has 0 atom stereocenters. The van der Waals surface area contributed by atoms with Gasteiger partial charge in [0.2, 0.25) is 10.0 Å². The van der Waals surface area contributed by atoms with Gasteiger partial charge in [-0.1, -0.05) is 17.7 Å². The normalized spacial score (nSPS) is 18.2. The summed E-state index contributed by atoms with van der Waals surface area (Å²) < 4.78 is 51.2. The number of rotatable bonds is 10. The van der Waals surface area contributed by atoms with Crippen molar-refractivity contribution in [2.45, 2.75) is 37.8 Å². The van der Waals surface area contributed by atoms with Gasteiger partial charge in [-0.3, -0.25) is 0 Å². The van der Waals surface area contributed by atoms with Crippen molar-refractivity contribution in [2.24, 2.45) is 0 Å². The summed E-state index contributed by atoms with van der Waals surface area (Å²) in [6, 6.07) is 8.60. The quantitative estimate of drug-likeness (QED) is 0.332. The Morgan fingerprint density at radius 1 is 1.11 bits per heavy atom. The number of nitrogens with one attached hydrogen (secondary N) is 3. The zero-order chi connectivity index (χ0) is 25.7. The highest BCUT2D eigenvalue weighted by Crippen LogP contribution is 2.37. The standard InChI is InChI=1S/C24H29ClFN5O4S/c1-34-21-13-20-17(24(29-14-28-20)31-19-5-3-4-18(25)23(19)26)12-22(21)35-16-8-6-15(7-9-16)27-10-11-30-36(2,32)33/h3-5,12-16,27,30H,6-11H2,1-2H3,(H,28,29,31)/t15-,16-. The molecule has 0 aliphatic heterocycles. The summed E-state index contributed by atoms with van der Waals surface area (Å²) >= 11 is 5.92. The molecule has 36 heavy (non-hydrogen) atoms. The summed E-state index contributed by atoms with van der Waals surface area (Å²) in [5, 5.41) is 7.07. The van der Waals surface area contributed by atoms with Crippen LogP contribution in [0.25, 0.3) is 10.9 Å². The SMILES string of the molecule is COc1cc2ncnc(Nc3cccc(Cl)c3F)c2cc1O[C@H]1CC[C@H](NCCNS(C)(=O)=O)CC1. The smallest absolute Gasteiger partial charge is 0.208 e. The molecule has 3 aromatic rings. The molecule has 1 aromatic heterocycles. The van der Waals surface area contributed by atoms with Crippen LogP contribution in [0.4, 0.5) is 15.9 Å². The number of benzene rings is 2. The van der Waals surface area contributed by atoms with Crippen molar-refractivity contribution in [3.8, 4) is 11.5 Å². The molecule has 1 saturated carbocycles. The van der Waals surface area contributed by atoms with Gasteiger partial charge < -0.3 is 20.1 Å². The molecule has 1 aliphatic rings. The lowest BCUT2D eigenvalue weighted by molar-refractivity contribution is 0.135. The average molecular weight is 538 g/mol. The molecule has 12 heteroatoms. The summed E-state index contributed by atoms with van der Waals surface area (Å²) in [6.45, 7) is 0.936. The molecule has 0 bridgehead atoms. The first-order valence-electron chi connectivity index (χ1n) is 11.6. The maximum Gasteiger partial charge on any atom is 0.208 e. The van der Waals surface area contributed by atoms with Crippen LogP contribution in [-0.4, -0.2) is 57.0 Å². The first-order valence-corrected chi connectivity index (χ1v) is 13.9. The van der Waals surface area contributed by atoms with Gasteiger partial charge in [-0.2, -0.15) is 0 Å². The molecule has 4 rings (SSSR count). The van der Waals surface area contributed by atoms with Crippen molar-refractivity contribution in [3.05, 3.63) is 47.5 Å². The van der Waals surface area contributed by atoms with Gasteiger partial charge in [0.25, 0.3) is 0 Å². The first-order chi connectivity index (χ1) is 17.2. The molecule has 0 unspecified atom stereocenters. The Labute approximate surface area is 214 Å². The van der Waals surface area contributed by atoms with Crippen LogP contribution in [0.15, 0.2) is 36.7 Å². The van der Waals surface area contributed by atoms with Crippen molar-refractivity contribution in [1.29, 1.82) is 0 Å². The molecule has 194 valence electrons. The lowest BCUT2D eigenvalue weighted by Gasteiger charge is -2.30. The first kappa shape index (κ1) is 26.3. The third-order valence-electron chi connectivity index (χ3n) is 6.02. The number of methoxy groups -OCH3 is 1. The van der Waals surface area contributed by atoms with E-state index >= 15 is 0 Å². The fourth-order valence-electron chi connectivity index (χ4n) is 4.22. The number of sulfonamides is 1. The van der Waals surface area contributed by atoms with Crippen LogP contribution in [-0.2, 0) is 10.0 Å². The summed E-state index contributed by atoms with van der Waals surface area (Å²) in [7, 11) is -1.61. The van der Waals surface area contributed by atoms with E-state index in [9.17, 15) is 12.8 Å². The lowest BCUT2D eigenvalue weighted by atomic mass is 9.93. The van der Waals surface area contributed by atoms with Crippen LogP contribution < -0.4 is 24.8 Å². The van der Waals surface area contributed by atoms with Crippen molar-refractivity contribution in [1.82, 2.24) is 20.0 Å². The van der Waals surface area contributed by atoms with E-state index in [0.717, 1.165) is 31.9 Å². The Balaban J connectivity index is 1.45. The largest absolute Gasteiger partial charge is 0.493 e. The van der Waals surface area contributed by atoms with Gasteiger partial charge in [0.05, 0.1) is 35.7 Å². The number of hydrogen-bond donors (Lipinski definition) is 3. The van der Waals surface area contributed by atoms with Gasteiger partial charge in [-0.05, 0) is 43.9 Å². The number of hydrogen-bond acceptors (Lipinski definition) is 8. The van der Waals surface area contributed by atoms with Crippen molar-refractivity contribution in [3.63, 3.8) is 0 Å². The Morgan fingerprint density at radius 2 is 1.89 bits per heavy atom. The van der Waals surface area contributed by atoms with Crippen LogP contribution in [0.2, 0.25) is 5.02 Å². The highest BCUT2D eigenvalue weighted by molar-refractivity contribution is 7.88. The van der Waals surface area contributed by atoms with Crippen molar-refractivity contribution >= 4 is 44.0 Å². The van der Waals surface area contributed by atoms with Crippen LogP contribution in [0, 0.1) is 5.82 Å². The number of aromatic nitrogens is 2. The maximum atomic E-state index is 14.5. The second-order valence-corrected chi connectivity index (χ2v) is 10.9. The Kier molecular flexibility index (Phi) is 8.45. The molecule has 0 radical (unpaired) electrons. The molecule has 1 aliphatic carbocycles. The van der Waals surface area contributed by atoms with Gasteiger partial charge in [0.1, 0.15) is 12.1 Å². The van der Waals surface area contributed by atoms with E-state index in [2.05, 4.69) is 25.3 Å². The Morgan fingerprint density at radius 3 is 2.61 bits per heavy atom. The summed E-state index contributed by atoms with van der Waals surface area (Å²) in [6.07, 6.45) is 6.02. The molecular weight excluding hydrogens is 509 g/mol. The molecule has 2 aromatic carbocycles. The Hall–Kier alpha value is -2.73. The lowest BCUT2D eigenvalue weighted by Crippen LogP contribution is -2.40. The molecule has 0 amide bonds. The maximum absolute atomic E-state index is 14.5. The van der Waals surface area contributed by atoms with Gasteiger partial charge in [0, 0.05) is 30.6 Å². The molecule has 0 spiro atoms. The zero-order valence-corrected chi connectivity index (χ0v) is 21.6. The monoisotopic (exact) mass is 537 g/mol. The number of anilines is 2. The van der Waals surface area contributed by atoms with Crippen LogP contribution in [0.5, 0.6) is 11.5 Å². The van der Waals surface area contributed by atoms with Gasteiger partial charge in [0.15, 0.2) is 17.3 Å². The van der Waals surface area contributed by atoms with E-state index < -0.39 is 15.8 Å². The third kappa shape index (κ3) is 6.73. The van der Waals surface area contributed by atoms with Gasteiger partial charge >= 0.3 is 0 Å². The second-order valence-electron chi connectivity index (χ2n) is 8.68. The highest BCUT2D eigenvalue weighted by atomic mass is 35.5. The van der Waals surface area contributed by atoms with Crippen molar-refractivity contribution in [2.75, 3.05) is 31.8 Å². The van der Waals surface area contributed by atoms with Crippen molar-refractivity contribution < 1.29 is 22.3 Å². The third-order valence-corrected chi connectivity index (χ3v) is 7.04. The van der Waals surface area contributed by atoms with Gasteiger partial charge in [-0.25, -0.2) is 27.5 Å². The van der Waals surface area contributed by atoms with Crippen LogP contribution in [0.1, 0.15) is 25.7 Å². The molecule has 3 N–H and O–H groups in total. The molecule has 0 saturated heterocycles.